The summed E-state index contributed by atoms with van der Waals surface area (Å²) < 4.78 is 32.9. The van der Waals surface area contributed by atoms with Gasteiger partial charge in [0.1, 0.15) is 0 Å². The molecule has 0 amide bonds. The van der Waals surface area contributed by atoms with Crippen LogP contribution in [-0.2, 0) is 4.79 Å². The lowest BCUT2D eigenvalue weighted by atomic mass is 10.6. The van der Waals surface area contributed by atoms with Gasteiger partial charge in [0.15, 0.2) is 0 Å². The molecule has 46 valence electrons. The summed E-state index contributed by atoms with van der Waals surface area (Å²) in [6.45, 7) is 0. The van der Waals surface area contributed by atoms with Crippen molar-refractivity contribution in [2.75, 3.05) is 0 Å². The molecule has 0 aromatic rings. The Morgan fingerprint density at radius 3 is 1.88 bits per heavy atom. The van der Waals surface area contributed by atoms with Crippen molar-refractivity contribution < 1.29 is 18.0 Å². The smallest absolute Gasteiger partial charge is 0.251 e. The Bertz CT molecular complexity index is 122. The summed E-state index contributed by atoms with van der Waals surface area (Å²) >= 11 is 0. The van der Waals surface area contributed by atoms with E-state index in [1.807, 2.05) is 0 Å². The van der Waals surface area contributed by atoms with Gasteiger partial charge in [-0.1, -0.05) is 0 Å². The molecule has 0 atom stereocenters. The Morgan fingerprint density at radius 2 is 1.88 bits per heavy atom. The summed E-state index contributed by atoms with van der Waals surface area (Å²) in [5.41, 5.74) is 0. The van der Waals surface area contributed by atoms with E-state index in [0.717, 1.165) is 5.18 Å². The molecule has 0 aromatic carbocycles. The van der Waals surface area contributed by atoms with E-state index < -0.39 is 12.1 Å². The highest BCUT2D eigenvalue weighted by Crippen LogP contribution is 2.15. The third-order valence-electron chi connectivity index (χ3n) is 0.351. The van der Waals surface area contributed by atoms with Crippen molar-refractivity contribution in [2.45, 2.75) is 6.05 Å². The second-order valence-electron chi connectivity index (χ2n) is 0.906. The normalized spacial score (nSPS) is 10.9. The van der Waals surface area contributed by atoms with E-state index in [-0.39, 0.29) is 0 Å². The Balaban J connectivity index is 4.12. The summed E-state index contributed by atoms with van der Waals surface area (Å²) in [7, 11) is 0. The van der Waals surface area contributed by atoms with E-state index in [0.29, 0.717) is 0 Å². The van der Waals surface area contributed by atoms with Gasteiger partial charge in [-0.3, -0.25) is 4.79 Å². The van der Waals surface area contributed by atoms with Crippen molar-refractivity contribution in [3.05, 3.63) is 4.91 Å². The average molecular weight is 127 g/mol. The monoisotopic (exact) mass is 127 g/mol. The molecule has 3 nitrogen and oxygen atoms in total. The fourth-order valence-corrected chi connectivity index (χ4v) is 0.0359. The number of nitrogens with zero attached hydrogens (tertiary/aromatic N) is 1. The highest BCUT2D eigenvalue weighted by molar-refractivity contribution is 5.75. The number of hydrogen-bond donors (Lipinski definition) is 0. The van der Waals surface area contributed by atoms with Gasteiger partial charge in [-0.2, -0.15) is 13.2 Å². The molecule has 0 rings (SSSR count). The van der Waals surface area contributed by atoms with Crippen LogP contribution >= 0.6 is 0 Å². The lowest BCUT2D eigenvalue weighted by Crippen LogP contribution is -2.20. The molecule has 0 heterocycles. The van der Waals surface area contributed by atoms with Crippen LogP contribution in [0.1, 0.15) is 0 Å². The molecule has 0 aliphatic heterocycles. The van der Waals surface area contributed by atoms with E-state index in [1.54, 1.807) is 0 Å². The van der Waals surface area contributed by atoms with Crippen molar-refractivity contribution >= 4 is 6.04 Å². The minimum atomic E-state index is -4.69. The maximum atomic E-state index is 11.1. The molecule has 0 N–H and O–H groups in total. The number of rotatable bonds is 2. The van der Waals surface area contributed by atoms with Crippen molar-refractivity contribution in [2.24, 2.45) is 5.18 Å². The summed E-state index contributed by atoms with van der Waals surface area (Å²) in [6, 6.07) is -7.73. The molecule has 8 heavy (non-hydrogen) atoms. The fourth-order valence-electron chi connectivity index (χ4n) is 0.0359. The van der Waals surface area contributed by atoms with Crippen LogP contribution < -0.4 is 0 Å². The van der Waals surface area contributed by atoms with Crippen molar-refractivity contribution in [3.63, 3.8) is 0 Å². The zero-order valence-corrected chi connectivity index (χ0v) is 3.40. The first kappa shape index (κ1) is 7.06. The largest absolute Gasteiger partial charge is 0.468 e. The van der Waals surface area contributed by atoms with Crippen molar-refractivity contribution in [1.82, 2.24) is 0 Å². The van der Waals surface area contributed by atoms with Gasteiger partial charge in [0.2, 0.25) is 0 Å². The van der Waals surface area contributed by atoms with Crippen LogP contribution in [-0.4, -0.2) is 12.1 Å². The topological polar surface area (TPSA) is 46.5 Å². The lowest BCUT2D eigenvalue weighted by Gasteiger charge is -1.94. The van der Waals surface area contributed by atoms with Crippen molar-refractivity contribution in [1.29, 1.82) is 0 Å². The Labute approximate surface area is 41.5 Å². The molecule has 0 bridgehead atoms. The summed E-state index contributed by atoms with van der Waals surface area (Å²) in [6.07, 6.45) is 0. The third kappa shape index (κ3) is 1.28. The third-order valence-corrected chi connectivity index (χ3v) is 0.351. The zero-order chi connectivity index (χ0) is 6.78. The fraction of sp³-hybridized carbons (Fsp3) is 0.500. The van der Waals surface area contributed by atoms with Crippen LogP contribution in [0.3, 0.4) is 0 Å². The number of halogens is 3. The second kappa shape index (κ2) is 1.89. The van der Waals surface area contributed by atoms with E-state index in [1.165, 1.54) is 0 Å². The van der Waals surface area contributed by atoms with Gasteiger partial charge in [-0.15, -0.1) is 4.91 Å². The molecule has 0 saturated heterocycles. The molecule has 0 aliphatic carbocycles. The van der Waals surface area contributed by atoms with Gasteiger partial charge in [0.05, 0.1) is 0 Å². The Kier molecular flexibility index (Phi) is 1.67. The molecule has 0 saturated carbocycles. The number of alkyl halides is 2. The minimum absolute atomic E-state index is 0.912. The first-order chi connectivity index (χ1) is 3.50. The van der Waals surface area contributed by atoms with E-state index in [4.69, 9.17) is 9.70 Å². The van der Waals surface area contributed by atoms with Crippen LogP contribution in [0.15, 0.2) is 5.18 Å². The first-order valence-corrected chi connectivity index (χ1v) is 1.43. The summed E-state index contributed by atoms with van der Waals surface area (Å²) in [5, 5.41) is 0.912. The molecule has 0 unspecified atom stereocenters. The summed E-state index contributed by atoms with van der Waals surface area (Å²) in [4.78, 5) is 17.8. The Morgan fingerprint density at radius 1 is 1.50 bits per heavy atom. The van der Waals surface area contributed by atoms with Crippen LogP contribution in [0.4, 0.5) is 13.2 Å². The molecule has 0 aliphatic rings. The SMILES string of the molecule is O=NC(F)(F)C(=O)F. The predicted molar refractivity (Wildman–Crippen MR) is 16.9 cm³/mol. The van der Waals surface area contributed by atoms with E-state index in [9.17, 15) is 13.2 Å². The standard InChI is InChI=1S/C2F3NO2/c3-1(7)2(4,5)6-8. The van der Waals surface area contributed by atoms with E-state index >= 15 is 0 Å². The number of nitroso groups, excluding NO2 is 1. The first-order valence-electron chi connectivity index (χ1n) is 1.43. The van der Waals surface area contributed by atoms with Gasteiger partial charge in [0, 0.05) is 5.18 Å². The van der Waals surface area contributed by atoms with Crippen LogP contribution in [0.25, 0.3) is 0 Å². The molecule has 0 radical (unpaired) electrons. The van der Waals surface area contributed by atoms with Gasteiger partial charge in [-0.25, -0.2) is 0 Å². The van der Waals surface area contributed by atoms with Gasteiger partial charge >= 0.3 is 12.1 Å². The summed E-state index contributed by atoms with van der Waals surface area (Å²) in [5.74, 6) is 0. The number of carbonyl (C=O) groups is 1. The van der Waals surface area contributed by atoms with Crippen molar-refractivity contribution in [3.8, 4) is 0 Å². The molecule has 6 heteroatoms. The van der Waals surface area contributed by atoms with Crippen LogP contribution in [0.2, 0.25) is 0 Å². The number of hydrogen-bond acceptors (Lipinski definition) is 3. The lowest BCUT2D eigenvalue weighted by molar-refractivity contribution is -0.154. The second-order valence-corrected chi connectivity index (χ2v) is 0.906. The molecule has 0 spiro atoms. The molecular weight excluding hydrogens is 127 g/mol. The minimum Gasteiger partial charge on any atom is -0.251 e. The number of carbonyl (C=O) groups excluding carboxylic acids is 1. The maximum Gasteiger partial charge on any atom is 0.468 e. The van der Waals surface area contributed by atoms with E-state index in [2.05, 4.69) is 0 Å². The van der Waals surface area contributed by atoms with Gasteiger partial charge in [-0.05, 0) is 0 Å². The highest BCUT2D eigenvalue weighted by atomic mass is 19.3. The molecular formula is C2F3NO2. The zero-order valence-electron chi connectivity index (χ0n) is 3.40. The maximum absolute atomic E-state index is 11.1. The highest BCUT2D eigenvalue weighted by Gasteiger charge is 2.41. The predicted octanol–water partition coefficient (Wildman–Crippen LogP) is 0.842. The van der Waals surface area contributed by atoms with Crippen LogP contribution in [0, 0.1) is 4.91 Å². The molecule has 0 aromatic heterocycles. The molecule has 0 fully saturated rings. The quantitative estimate of drug-likeness (QED) is 0.313. The Hall–Kier alpha value is -0.940. The van der Waals surface area contributed by atoms with Gasteiger partial charge < -0.3 is 0 Å². The van der Waals surface area contributed by atoms with Crippen LogP contribution in [0.5, 0.6) is 0 Å². The average Bonchev–Trinajstić information content (AvgIpc) is 1.67. The van der Waals surface area contributed by atoms with Gasteiger partial charge in [0.25, 0.3) is 0 Å².